The summed E-state index contributed by atoms with van der Waals surface area (Å²) in [6.45, 7) is 9.46. The molecule has 0 heteroatoms. The van der Waals surface area contributed by atoms with E-state index in [-0.39, 0.29) is 10.8 Å². The highest BCUT2D eigenvalue weighted by Crippen LogP contribution is 2.56. The van der Waals surface area contributed by atoms with Crippen LogP contribution in [0.4, 0.5) is 0 Å². The van der Waals surface area contributed by atoms with Gasteiger partial charge in [0, 0.05) is 10.8 Å². The van der Waals surface area contributed by atoms with Gasteiger partial charge in [0.05, 0.1) is 0 Å². The molecule has 0 saturated heterocycles. The maximum atomic E-state index is 2.45. The summed E-state index contributed by atoms with van der Waals surface area (Å²) >= 11 is 0. The minimum atomic E-state index is -0.0171. The van der Waals surface area contributed by atoms with E-state index in [9.17, 15) is 0 Å². The molecule has 0 aromatic heterocycles. The molecule has 7 aromatic carbocycles. The molecule has 0 nitrogen and oxygen atoms in total. The van der Waals surface area contributed by atoms with Crippen LogP contribution < -0.4 is 0 Å². The average molecular weight is 587 g/mol. The monoisotopic (exact) mass is 586 g/mol. The Morgan fingerprint density at radius 3 is 1.50 bits per heavy atom. The molecule has 7 aromatic rings. The molecule has 46 heavy (non-hydrogen) atoms. The number of rotatable bonds is 2. The van der Waals surface area contributed by atoms with Gasteiger partial charge in [-0.2, -0.15) is 0 Å². The molecule has 10 rings (SSSR count). The third-order valence-electron chi connectivity index (χ3n) is 11.5. The van der Waals surface area contributed by atoms with Gasteiger partial charge < -0.3 is 0 Å². The molecule has 3 aliphatic rings. The van der Waals surface area contributed by atoms with E-state index in [1.807, 2.05) is 0 Å². The summed E-state index contributed by atoms with van der Waals surface area (Å²) in [5.41, 5.74) is 21.8. The van der Waals surface area contributed by atoms with Crippen molar-refractivity contribution in [2.45, 2.75) is 38.5 Å². The van der Waals surface area contributed by atoms with Crippen LogP contribution in [-0.2, 0) is 10.8 Å². The van der Waals surface area contributed by atoms with Gasteiger partial charge >= 0.3 is 0 Å². The Morgan fingerprint density at radius 1 is 0.326 bits per heavy atom. The lowest BCUT2D eigenvalue weighted by atomic mass is 9.81. The lowest BCUT2D eigenvalue weighted by Gasteiger charge is -2.21. The quantitative estimate of drug-likeness (QED) is 0.189. The molecule has 0 aliphatic heterocycles. The zero-order valence-electron chi connectivity index (χ0n) is 26.7. The predicted octanol–water partition coefficient (Wildman–Crippen LogP) is 12.4. The standard InChI is InChI=1S/C46H34/c1-45(2)38-18-7-5-12-35(38)43-28(14-10-20-40(43)45)27-22-23-30-34-25-24-29(31-15-9-16-33(42(31)34)37(30)26-27)32-17-11-21-41-44(32)36-13-6-8-19-39(36)46(41,3)4/h5-26H,1-4H3. The van der Waals surface area contributed by atoms with Crippen LogP contribution in [0.3, 0.4) is 0 Å². The maximum absolute atomic E-state index is 2.45. The number of hydrogen-bond acceptors (Lipinski definition) is 0. The molecule has 0 radical (unpaired) electrons. The Bertz CT molecular complexity index is 2470. The Balaban J connectivity index is 1.17. The van der Waals surface area contributed by atoms with E-state index in [2.05, 4.69) is 161 Å². The summed E-state index contributed by atoms with van der Waals surface area (Å²) in [6, 6.07) is 50.6. The van der Waals surface area contributed by atoms with Crippen molar-refractivity contribution in [2.75, 3.05) is 0 Å². The lowest BCUT2D eigenvalue weighted by molar-refractivity contribution is 0.660. The van der Waals surface area contributed by atoms with Gasteiger partial charge in [0.15, 0.2) is 0 Å². The predicted molar refractivity (Wildman–Crippen MR) is 194 cm³/mol. The van der Waals surface area contributed by atoms with Crippen LogP contribution in [0.15, 0.2) is 133 Å². The van der Waals surface area contributed by atoms with Crippen molar-refractivity contribution in [3.05, 3.63) is 156 Å². The molecule has 0 bridgehead atoms. The first kappa shape index (κ1) is 26.1. The summed E-state index contributed by atoms with van der Waals surface area (Å²) in [5, 5.41) is 2.71. The van der Waals surface area contributed by atoms with Crippen LogP contribution in [0.25, 0.3) is 77.5 Å². The average Bonchev–Trinajstić information content (AvgIpc) is 3.63. The van der Waals surface area contributed by atoms with Crippen molar-refractivity contribution in [1.29, 1.82) is 0 Å². The van der Waals surface area contributed by atoms with Gasteiger partial charge in [-0.05, 0) is 106 Å². The molecule has 3 aliphatic carbocycles. The normalized spacial score (nSPS) is 15.3. The number of benzene rings is 7. The van der Waals surface area contributed by atoms with E-state index in [1.165, 1.54) is 99.8 Å². The molecule has 0 spiro atoms. The molecule has 0 amide bonds. The van der Waals surface area contributed by atoms with Gasteiger partial charge in [-0.1, -0.05) is 155 Å². The highest BCUT2D eigenvalue weighted by atomic mass is 14.4. The van der Waals surface area contributed by atoms with Crippen LogP contribution in [0, 0.1) is 0 Å². The topological polar surface area (TPSA) is 0 Å². The second kappa shape index (κ2) is 8.74. The molecular formula is C46H34. The summed E-state index contributed by atoms with van der Waals surface area (Å²) in [4.78, 5) is 0. The first-order valence-electron chi connectivity index (χ1n) is 16.5. The maximum Gasteiger partial charge on any atom is 0.0159 e. The van der Waals surface area contributed by atoms with Gasteiger partial charge in [0.2, 0.25) is 0 Å². The summed E-state index contributed by atoms with van der Waals surface area (Å²) < 4.78 is 0. The largest absolute Gasteiger partial charge is 0.0619 e. The van der Waals surface area contributed by atoms with Crippen LogP contribution in [0.2, 0.25) is 0 Å². The SMILES string of the molecule is CC1(C)c2ccccc2-c2c(-c3ccc4c(c3)-c3cccc5c(-c6cccc7c6-c6ccccc6C7(C)C)ccc-4c35)cccc21. The van der Waals surface area contributed by atoms with Gasteiger partial charge in [0.1, 0.15) is 0 Å². The van der Waals surface area contributed by atoms with Gasteiger partial charge in [-0.3, -0.25) is 0 Å². The van der Waals surface area contributed by atoms with E-state index in [4.69, 9.17) is 0 Å². The first-order chi connectivity index (χ1) is 22.4. The second-order valence-electron chi connectivity index (χ2n) is 14.4. The third-order valence-corrected chi connectivity index (χ3v) is 11.5. The highest BCUT2D eigenvalue weighted by Gasteiger charge is 2.38. The fourth-order valence-corrected chi connectivity index (χ4v) is 9.23. The van der Waals surface area contributed by atoms with Crippen LogP contribution in [-0.4, -0.2) is 0 Å². The van der Waals surface area contributed by atoms with E-state index in [1.54, 1.807) is 0 Å². The van der Waals surface area contributed by atoms with E-state index in [0.717, 1.165) is 0 Å². The summed E-state index contributed by atoms with van der Waals surface area (Å²) in [7, 11) is 0. The molecule has 0 unspecified atom stereocenters. The van der Waals surface area contributed by atoms with E-state index < -0.39 is 0 Å². The molecule has 218 valence electrons. The Kier molecular flexibility index (Phi) is 4.95. The Hall–Kier alpha value is -5.20. The van der Waals surface area contributed by atoms with Crippen LogP contribution in [0.5, 0.6) is 0 Å². The molecule has 0 atom stereocenters. The van der Waals surface area contributed by atoms with Gasteiger partial charge in [-0.25, -0.2) is 0 Å². The van der Waals surface area contributed by atoms with Crippen LogP contribution in [0.1, 0.15) is 49.9 Å². The molecule has 0 heterocycles. The summed E-state index contributed by atoms with van der Waals surface area (Å²) in [5.74, 6) is 0. The fraction of sp³-hybridized carbons (Fsp3) is 0.130. The minimum Gasteiger partial charge on any atom is -0.0619 e. The smallest absolute Gasteiger partial charge is 0.0159 e. The first-order valence-corrected chi connectivity index (χ1v) is 16.5. The van der Waals surface area contributed by atoms with E-state index >= 15 is 0 Å². The molecular weight excluding hydrogens is 553 g/mol. The number of hydrogen-bond donors (Lipinski definition) is 0. The molecule has 0 fully saturated rings. The summed E-state index contributed by atoms with van der Waals surface area (Å²) in [6.07, 6.45) is 0. The second-order valence-corrected chi connectivity index (χ2v) is 14.4. The fourth-order valence-electron chi connectivity index (χ4n) is 9.23. The highest BCUT2D eigenvalue weighted by molar-refractivity contribution is 6.20. The van der Waals surface area contributed by atoms with Crippen molar-refractivity contribution in [1.82, 2.24) is 0 Å². The van der Waals surface area contributed by atoms with Crippen molar-refractivity contribution in [3.63, 3.8) is 0 Å². The zero-order chi connectivity index (χ0) is 30.9. The lowest BCUT2D eigenvalue weighted by Crippen LogP contribution is -2.14. The third kappa shape index (κ3) is 3.14. The van der Waals surface area contributed by atoms with E-state index in [0.29, 0.717) is 0 Å². The van der Waals surface area contributed by atoms with Crippen molar-refractivity contribution in [3.8, 4) is 66.8 Å². The van der Waals surface area contributed by atoms with Crippen molar-refractivity contribution in [2.24, 2.45) is 0 Å². The van der Waals surface area contributed by atoms with Crippen molar-refractivity contribution < 1.29 is 0 Å². The zero-order valence-corrected chi connectivity index (χ0v) is 26.7. The van der Waals surface area contributed by atoms with Gasteiger partial charge in [-0.15, -0.1) is 0 Å². The molecule has 0 N–H and O–H groups in total. The van der Waals surface area contributed by atoms with Crippen molar-refractivity contribution >= 4 is 10.8 Å². The molecule has 0 saturated carbocycles. The van der Waals surface area contributed by atoms with Gasteiger partial charge in [0.25, 0.3) is 0 Å². The Labute approximate surface area is 271 Å². The Morgan fingerprint density at radius 2 is 0.804 bits per heavy atom. The number of fused-ring (bicyclic) bond motifs is 9. The van der Waals surface area contributed by atoms with Crippen LogP contribution >= 0.6 is 0 Å². The minimum absolute atomic E-state index is 0.00968.